The Morgan fingerprint density at radius 2 is 2.15 bits per heavy atom. The Morgan fingerprint density at radius 3 is 2.69 bits per heavy atom. The maximum atomic E-state index is 5.24. The van der Waals surface area contributed by atoms with E-state index in [1.807, 2.05) is 18.2 Å². The van der Waals surface area contributed by atoms with Gasteiger partial charge in [0.2, 0.25) is 0 Å². The average Bonchev–Trinajstić information content (AvgIpc) is 2.16. The van der Waals surface area contributed by atoms with Crippen molar-refractivity contribution >= 4 is 0 Å². The van der Waals surface area contributed by atoms with Gasteiger partial charge in [0, 0.05) is 11.5 Å². The molecule has 0 N–H and O–H groups in total. The van der Waals surface area contributed by atoms with Crippen LogP contribution in [0.5, 0.6) is 5.75 Å². The Labute approximate surface area is 80.0 Å². The van der Waals surface area contributed by atoms with Gasteiger partial charge in [-0.3, -0.25) is 0 Å². The molecule has 0 aromatic heterocycles. The highest BCUT2D eigenvalue weighted by atomic mass is 16.5. The molecule has 0 saturated heterocycles. The minimum Gasteiger partial charge on any atom is -0.496 e. The lowest BCUT2D eigenvalue weighted by atomic mass is 9.98. The van der Waals surface area contributed by atoms with Crippen molar-refractivity contribution in [2.24, 2.45) is 0 Å². The normalized spacial score (nSPS) is 12.2. The number of methoxy groups -OCH3 is 1. The van der Waals surface area contributed by atoms with Gasteiger partial charge in [-0.2, -0.15) is 0 Å². The van der Waals surface area contributed by atoms with Crippen LogP contribution in [0, 0.1) is 13.8 Å². The lowest BCUT2D eigenvalue weighted by Gasteiger charge is -2.12. The maximum absolute atomic E-state index is 5.24. The second-order valence-electron chi connectivity index (χ2n) is 3.09. The van der Waals surface area contributed by atoms with Crippen LogP contribution < -0.4 is 4.74 Å². The molecule has 1 atom stereocenters. The van der Waals surface area contributed by atoms with E-state index in [4.69, 9.17) is 4.74 Å². The van der Waals surface area contributed by atoms with E-state index in [0.29, 0.717) is 0 Å². The summed E-state index contributed by atoms with van der Waals surface area (Å²) in [5.41, 5.74) is 2.31. The highest BCUT2D eigenvalue weighted by Gasteiger charge is 2.07. The molecule has 0 bridgehead atoms. The van der Waals surface area contributed by atoms with Gasteiger partial charge in [-0.15, -0.1) is 6.58 Å². The van der Waals surface area contributed by atoms with Gasteiger partial charge in [0.15, 0.2) is 0 Å². The summed E-state index contributed by atoms with van der Waals surface area (Å²) < 4.78 is 5.24. The van der Waals surface area contributed by atoms with E-state index in [0.717, 1.165) is 11.3 Å². The third-order valence-electron chi connectivity index (χ3n) is 2.07. The summed E-state index contributed by atoms with van der Waals surface area (Å²) in [6.45, 7) is 9.76. The zero-order valence-electron chi connectivity index (χ0n) is 8.21. The van der Waals surface area contributed by atoms with E-state index in [-0.39, 0.29) is 5.92 Å². The van der Waals surface area contributed by atoms with Crippen LogP contribution in [-0.2, 0) is 0 Å². The second-order valence-corrected chi connectivity index (χ2v) is 3.09. The van der Waals surface area contributed by atoms with Gasteiger partial charge < -0.3 is 4.74 Å². The fourth-order valence-corrected chi connectivity index (χ4v) is 1.27. The van der Waals surface area contributed by atoms with Gasteiger partial charge in [-0.05, 0) is 19.9 Å². The molecule has 0 saturated carbocycles. The van der Waals surface area contributed by atoms with Crippen LogP contribution >= 0.6 is 0 Å². The Morgan fingerprint density at radius 1 is 1.46 bits per heavy atom. The average molecular weight is 175 g/mol. The highest BCUT2D eigenvalue weighted by molar-refractivity contribution is 5.41. The van der Waals surface area contributed by atoms with Gasteiger partial charge in [0.05, 0.1) is 7.11 Å². The van der Waals surface area contributed by atoms with Crippen LogP contribution in [0.1, 0.15) is 17.0 Å². The van der Waals surface area contributed by atoms with Crippen molar-refractivity contribution in [1.29, 1.82) is 0 Å². The van der Waals surface area contributed by atoms with E-state index >= 15 is 0 Å². The second kappa shape index (κ2) is 4.13. The number of aryl methyl sites for hydroxylation is 1. The maximum Gasteiger partial charge on any atom is 0.122 e. The van der Waals surface area contributed by atoms with Crippen LogP contribution in [0.2, 0.25) is 0 Å². The lowest BCUT2D eigenvalue weighted by molar-refractivity contribution is 0.409. The number of hydrogen-bond acceptors (Lipinski definition) is 1. The predicted molar refractivity (Wildman–Crippen MR) is 56.0 cm³/mol. The zero-order chi connectivity index (χ0) is 9.84. The number of ether oxygens (including phenoxy) is 1. The molecular formula is C12H15O. The monoisotopic (exact) mass is 175 g/mol. The molecule has 0 heterocycles. The van der Waals surface area contributed by atoms with E-state index in [1.165, 1.54) is 5.56 Å². The molecule has 1 nitrogen and oxygen atoms in total. The molecule has 1 rings (SSSR count). The molecule has 1 aromatic carbocycles. The molecule has 0 fully saturated rings. The molecule has 1 unspecified atom stereocenters. The first-order chi connectivity index (χ1) is 6.19. The van der Waals surface area contributed by atoms with Crippen molar-refractivity contribution in [1.82, 2.24) is 0 Å². The van der Waals surface area contributed by atoms with Crippen molar-refractivity contribution in [3.63, 3.8) is 0 Å². The third kappa shape index (κ3) is 2.11. The first-order valence-electron chi connectivity index (χ1n) is 4.29. The summed E-state index contributed by atoms with van der Waals surface area (Å²) in [4.78, 5) is 0. The van der Waals surface area contributed by atoms with E-state index in [1.54, 1.807) is 7.11 Å². The van der Waals surface area contributed by atoms with Crippen molar-refractivity contribution in [2.75, 3.05) is 7.11 Å². The number of allylic oxidation sites excluding steroid dienone is 1. The first kappa shape index (κ1) is 9.85. The molecule has 13 heavy (non-hydrogen) atoms. The smallest absolute Gasteiger partial charge is 0.122 e. The molecule has 1 aromatic rings. The van der Waals surface area contributed by atoms with Crippen LogP contribution in [0.3, 0.4) is 0 Å². The highest BCUT2D eigenvalue weighted by Crippen LogP contribution is 2.27. The largest absolute Gasteiger partial charge is 0.496 e. The number of hydrogen-bond donors (Lipinski definition) is 0. The predicted octanol–water partition coefficient (Wildman–Crippen LogP) is 3.11. The molecule has 1 radical (unpaired) electrons. The van der Waals surface area contributed by atoms with E-state index in [2.05, 4.69) is 26.5 Å². The van der Waals surface area contributed by atoms with E-state index < -0.39 is 0 Å². The summed E-state index contributed by atoms with van der Waals surface area (Å²) >= 11 is 0. The molecule has 69 valence electrons. The number of rotatable bonds is 3. The first-order valence-corrected chi connectivity index (χ1v) is 4.29. The van der Waals surface area contributed by atoms with Crippen molar-refractivity contribution in [3.05, 3.63) is 48.9 Å². The van der Waals surface area contributed by atoms with E-state index in [9.17, 15) is 0 Å². The zero-order valence-corrected chi connectivity index (χ0v) is 8.21. The summed E-state index contributed by atoms with van der Waals surface area (Å²) in [5, 5.41) is 0. The molecule has 0 aliphatic carbocycles. The molecule has 0 spiro atoms. The van der Waals surface area contributed by atoms with Crippen LogP contribution in [0.4, 0.5) is 0 Å². The Kier molecular flexibility index (Phi) is 3.13. The van der Waals surface area contributed by atoms with Crippen molar-refractivity contribution in [2.45, 2.75) is 12.8 Å². The van der Waals surface area contributed by atoms with Gasteiger partial charge in [0.25, 0.3) is 0 Å². The van der Waals surface area contributed by atoms with Crippen LogP contribution in [-0.4, -0.2) is 7.11 Å². The molecule has 1 heteroatoms. The Balaban J connectivity index is 3.14. The van der Waals surface area contributed by atoms with Gasteiger partial charge in [-0.1, -0.05) is 23.8 Å². The summed E-state index contributed by atoms with van der Waals surface area (Å²) in [6.07, 6.45) is 1.82. The molecular weight excluding hydrogens is 160 g/mol. The number of benzene rings is 1. The quantitative estimate of drug-likeness (QED) is 0.641. The summed E-state index contributed by atoms with van der Waals surface area (Å²) in [6, 6.07) is 6.07. The fourth-order valence-electron chi connectivity index (χ4n) is 1.27. The van der Waals surface area contributed by atoms with Gasteiger partial charge in [0.1, 0.15) is 5.75 Å². The standard InChI is InChI=1S/C12H15O/c1-5-10(3)11-8-9(2)6-7-12(11)13-4/h5-8,10H,1,3H2,2,4H3. The van der Waals surface area contributed by atoms with Crippen LogP contribution in [0.25, 0.3) is 0 Å². The van der Waals surface area contributed by atoms with Gasteiger partial charge >= 0.3 is 0 Å². The fraction of sp³-hybridized carbons (Fsp3) is 0.250. The molecule has 0 aliphatic heterocycles. The lowest BCUT2D eigenvalue weighted by Crippen LogP contribution is -1.95. The minimum absolute atomic E-state index is 0.0925. The minimum atomic E-state index is 0.0925. The topological polar surface area (TPSA) is 9.23 Å². The van der Waals surface area contributed by atoms with Crippen LogP contribution in [0.15, 0.2) is 30.9 Å². The molecule has 0 aliphatic rings. The molecule has 0 amide bonds. The van der Waals surface area contributed by atoms with Gasteiger partial charge in [-0.25, -0.2) is 0 Å². The summed E-state index contributed by atoms with van der Waals surface area (Å²) in [7, 11) is 1.67. The van der Waals surface area contributed by atoms with Crippen molar-refractivity contribution < 1.29 is 4.74 Å². The Bertz CT molecular complexity index is 302. The SMILES string of the molecule is [CH2]C(C=C)c1cc(C)ccc1OC. The summed E-state index contributed by atoms with van der Waals surface area (Å²) in [5.74, 6) is 0.973. The Hall–Kier alpha value is -1.24. The van der Waals surface area contributed by atoms with Crippen molar-refractivity contribution in [3.8, 4) is 5.75 Å². The third-order valence-corrected chi connectivity index (χ3v) is 2.07.